The molecule has 1 aliphatic heterocycles. The number of rotatable bonds is 3. The molecule has 1 saturated heterocycles. The van der Waals surface area contributed by atoms with Crippen molar-refractivity contribution in [3.63, 3.8) is 0 Å². The van der Waals surface area contributed by atoms with Crippen molar-refractivity contribution < 1.29 is 9.59 Å². The van der Waals surface area contributed by atoms with E-state index in [9.17, 15) is 9.59 Å². The topological polar surface area (TPSA) is 49.4 Å². The normalized spacial score (nSPS) is 26.6. The Kier molecular flexibility index (Phi) is 3.24. The molecule has 2 fully saturated rings. The second kappa shape index (κ2) is 4.93. The van der Waals surface area contributed by atoms with Gasteiger partial charge in [0.15, 0.2) is 0 Å². The van der Waals surface area contributed by atoms with Crippen molar-refractivity contribution in [2.75, 3.05) is 0 Å². The van der Waals surface area contributed by atoms with Crippen LogP contribution in [0.5, 0.6) is 0 Å². The molecule has 0 bridgehead atoms. The zero-order chi connectivity index (χ0) is 14.3. The fourth-order valence-electron chi connectivity index (χ4n) is 2.78. The highest BCUT2D eigenvalue weighted by atomic mass is 16.2. The number of benzene rings is 1. The number of piperazine rings is 1. The van der Waals surface area contributed by atoms with E-state index < -0.39 is 6.04 Å². The van der Waals surface area contributed by atoms with E-state index in [-0.39, 0.29) is 17.9 Å². The molecule has 2 unspecified atom stereocenters. The molecule has 2 atom stereocenters. The first-order valence-electron chi connectivity index (χ1n) is 7.23. The molecule has 0 spiro atoms. The number of hydrogen-bond acceptors (Lipinski definition) is 2. The van der Waals surface area contributed by atoms with Crippen LogP contribution in [0.15, 0.2) is 24.3 Å². The predicted octanol–water partition coefficient (Wildman–Crippen LogP) is 1.62. The second-order valence-corrected chi connectivity index (χ2v) is 5.89. The summed E-state index contributed by atoms with van der Waals surface area (Å²) in [7, 11) is 0. The molecular formula is C16H20N2O2. The molecule has 0 aromatic heterocycles. The van der Waals surface area contributed by atoms with Crippen LogP contribution in [-0.4, -0.2) is 28.8 Å². The van der Waals surface area contributed by atoms with Crippen molar-refractivity contribution in [1.82, 2.24) is 10.2 Å². The van der Waals surface area contributed by atoms with Gasteiger partial charge >= 0.3 is 0 Å². The minimum atomic E-state index is -0.392. The molecule has 1 aromatic rings. The summed E-state index contributed by atoms with van der Waals surface area (Å²) in [6, 6.07) is 7.32. The van der Waals surface area contributed by atoms with E-state index in [0.717, 1.165) is 24.0 Å². The number of amides is 2. The highest BCUT2D eigenvalue weighted by molar-refractivity contribution is 5.97. The van der Waals surface area contributed by atoms with Crippen LogP contribution in [0.2, 0.25) is 0 Å². The summed E-state index contributed by atoms with van der Waals surface area (Å²) in [6.45, 7) is 4.35. The smallest absolute Gasteiger partial charge is 0.246 e. The zero-order valence-electron chi connectivity index (χ0n) is 11.9. The minimum absolute atomic E-state index is 0.0323. The van der Waals surface area contributed by atoms with Gasteiger partial charge < -0.3 is 10.2 Å². The van der Waals surface area contributed by atoms with E-state index in [2.05, 4.69) is 5.32 Å². The molecule has 1 aliphatic carbocycles. The van der Waals surface area contributed by atoms with Gasteiger partial charge in [-0.05, 0) is 43.7 Å². The first kappa shape index (κ1) is 13.2. The lowest BCUT2D eigenvalue weighted by atomic mass is 10.0. The third-order valence-electron chi connectivity index (χ3n) is 4.39. The Labute approximate surface area is 119 Å². The quantitative estimate of drug-likeness (QED) is 0.909. The van der Waals surface area contributed by atoms with Crippen molar-refractivity contribution in [3.05, 3.63) is 35.4 Å². The molecule has 1 saturated carbocycles. The van der Waals surface area contributed by atoms with E-state index in [0.29, 0.717) is 12.5 Å². The molecule has 2 amide bonds. The first-order chi connectivity index (χ1) is 9.58. The molecule has 4 nitrogen and oxygen atoms in total. The maximum atomic E-state index is 12.6. The third kappa shape index (κ3) is 2.30. The summed E-state index contributed by atoms with van der Waals surface area (Å²) in [5.74, 6) is 0.385. The van der Waals surface area contributed by atoms with Crippen molar-refractivity contribution in [3.8, 4) is 0 Å². The van der Waals surface area contributed by atoms with Crippen LogP contribution in [-0.2, 0) is 16.1 Å². The van der Waals surface area contributed by atoms with E-state index in [1.54, 1.807) is 11.8 Å². The second-order valence-electron chi connectivity index (χ2n) is 5.89. The van der Waals surface area contributed by atoms with Crippen molar-refractivity contribution in [1.29, 1.82) is 0 Å². The molecule has 1 aromatic carbocycles. The monoisotopic (exact) mass is 272 g/mol. The predicted molar refractivity (Wildman–Crippen MR) is 75.8 cm³/mol. The van der Waals surface area contributed by atoms with Crippen LogP contribution in [0.3, 0.4) is 0 Å². The van der Waals surface area contributed by atoms with Crippen LogP contribution < -0.4 is 5.32 Å². The summed E-state index contributed by atoms with van der Waals surface area (Å²) in [6.07, 6.45) is 2.09. The first-order valence-corrected chi connectivity index (χ1v) is 7.23. The highest BCUT2D eigenvalue weighted by Gasteiger charge is 2.45. The molecule has 4 heteroatoms. The Morgan fingerprint density at radius 2 is 1.95 bits per heavy atom. The summed E-state index contributed by atoms with van der Waals surface area (Å²) < 4.78 is 0. The van der Waals surface area contributed by atoms with Crippen LogP contribution in [0, 0.1) is 12.8 Å². The zero-order valence-corrected chi connectivity index (χ0v) is 11.9. The third-order valence-corrected chi connectivity index (χ3v) is 4.39. The Balaban J connectivity index is 1.83. The van der Waals surface area contributed by atoms with Gasteiger partial charge in [0, 0.05) is 6.54 Å². The lowest BCUT2D eigenvalue weighted by Crippen LogP contribution is -2.62. The largest absolute Gasteiger partial charge is 0.342 e. The van der Waals surface area contributed by atoms with Gasteiger partial charge in [0.25, 0.3) is 0 Å². The van der Waals surface area contributed by atoms with Gasteiger partial charge in [-0.1, -0.05) is 24.3 Å². The average Bonchev–Trinajstić information content (AvgIpc) is 3.25. The van der Waals surface area contributed by atoms with Crippen LogP contribution >= 0.6 is 0 Å². The van der Waals surface area contributed by atoms with Crippen molar-refractivity contribution in [2.45, 2.75) is 45.3 Å². The Bertz CT molecular complexity index is 551. The number of carbonyl (C=O) groups excluding carboxylic acids is 2. The number of carbonyl (C=O) groups is 2. The van der Waals surface area contributed by atoms with Crippen molar-refractivity contribution in [2.24, 2.45) is 5.92 Å². The summed E-state index contributed by atoms with van der Waals surface area (Å²) in [5.41, 5.74) is 2.26. The van der Waals surface area contributed by atoms with Gasteiger partial charge in [0.05, 0.1) is 0 Å². The molecule has 106 valence electrons. The van der Waals surface area contributed by atoms with Gasteiger partial charge in [0.2, 0.25) is 11.8 Å². The van der Waals surface area contributed by atoms with E-state index in [1.807, 2.05) is 31.2 Å². The Hall–Kier alpha value is -1.84. The Morgan fingerprint density at radius 1 is 1.25 bits per heavy atom. The maximum absolute atomic E-state index is 12.6. The van der Waals surface area contributed by atoms with Gasteiger partial charge in [-0.25, -0.2) is 0 Å². The van der Waals surface area contributed by atoms with Gasteiger partial charge in [-0.2, -0.15) is 0 Å². The SMILES string of the molecule is Cc1ccccc1CN1C(=O)C(C2CC2)NC(=O)C1C. The lowest BCUT2D eigenvalue weighted by molar-refractivity contribution is -0.149. The van der Waals surface area contributed by atoms with Crippen LogP contribution in [0.1, 0.15) is 30.9 Å². The van der Waals surface area contributed by atoms with E-state index in [4.69, 9.17) is 0 Å². The summed E-state index contributed by atoms with van der Waals surface area (Å²) in [5, 5.41) is 2.88. The van der Waals surface area contributed by atoms with Gasteiger partial charge in [-0.15, -0.1) is 0 Å². The standard InChI is InChI=1S/C16H20N2O2/c1-10-5-3-4-6-13(10)9-18-11(2)15(19)17-14(16(18)20)12-7-8-12/h3-6,11-12,14H,7-9H2,1-2H3,(H,17,19). The lowest BCUT2D eigenvalue weighted by Gasteiger charge is -2.37. The van der Waals surface area contributed by atoms with Crippen LogP contribution in [0.25, 0.3) is 0 Å². The number of nitrogens with zero attached hydrogens (tertiary/aromatic N) is 1. The molecule has 1 heterocycles. The number of hydrogen-bond donors (Lipinski definition) is 1. The summed E-state index contributed by atoms with van der Waals surface area (Å²) >= 11 is 0. The number of nitrogens with one attached hydrogen (secondary N) is 1. The fourth-order valence-corrected chi connectivity index (χ4v) is 2.78. The molecular weight excluding hydrogens is 252 g/mol. The van der Waals surface area contributed by atoms with E-state index >= 15 is 0 Å². The van der Waals surface area contributed by atoms with Gasteiger partial charge in [-0.3, -0.25) is 9.59 Å². The molecule has 1 N–H and O–H groups in total. The molecule has 2 aliphatic rings. The van der Waals surface area contributed by atoms with Crippen LogP contribution in [0.4, 0.5) is 0 Å². The van der Waals surface area contributed by atoms with Gasteiger partial charge in [0.1, 0.15) is 12.1 Å². The molecule has 3 rings (SSSR count). The minimum Gasteiger partial charge on any atom is -0.342 e. The van der Waals surface area contributed by atoms with E-state index in [1.165, 1.54) is 0 Å². The summed E-state index contributed by atoms with van der Waals surface area (Å²) in [4.78, 5) is 26.4. The maximum Gasteiger partial charge on any atom is 0.246 e. The fraction of sp³-hybridized carbons (Fsp3) is 0.500. The highest BCUT2D eigenvalue weighted by Crippen LogP contribution is 2.35. The molecule has 20 heavy (non-hydrogen) atoms. The average molecular weight is 272 g/mol. The van der Waals surface area contributed by atoms with Crippen molar-refractivity contribution >= 4 is 11.8 Å². The number of aryl methyl sites for hydroxylation is 1. The molecule has 0 radical (unpaired) electrons. The Morgan fingerprint density at radius 3 is 2.60 bits per heavy atom.